The molecule has 0 fully saturated rings. The molecule has 0 aliphatic heterocycles. The third-order valence-electron chi connectivity index (χ3n) is 23.0. The fraction of sp³-hybridized carbons (Fsp3) is 0.361. The zero-order valence-electron chi connectivity index (χ0n) is 65.5. The van der Waals surface area contributed by atoms with Crippen LogP contribution in [0.1, 0.15) is 261 Å². The van der Waals surface area contributed by atoms with Gasteiger partial charge in [0, 0.05) is 101 Å². The molecule has 7 aromatic rings. The van der Waals surface area contributed by atoms with Gasteiger partial charge in [0.2, 0.25) is 0 Å². The molecule has 6 aliphatic rings. The highest BCUT2D eigenvalue weighted by molar-refractivity contribution is 8.22. The molecule has 578 valence electrons. The molecule has 0 spiro atoms. The number of rotatable bonds is 33. The molecule has 0 N–H and O–H groups in total. The Morgan fingerprint density at radius 2 is 1.08 bits per heavy atom. The van der Waals surface area contributed by atoms with Gasteiger partial charge in [-0.25, -0.2) is 17.6 Å². The fourth-order valence-electron chi connectivity index (χ4n) is 16.6. The monoisotopic (exact) mass is 1610 g/mol. The van der Waals surface area contributed by atoms with Crippen LogP contribution in [0.5, 0.6) is 0 Å². The predicted molar refractivity (Wildman–Crippen MR) is 464 cm³/mol. The van der Waals surface area contributed by atoms with E-state index in [-0.39, 0.29) is 50.0 Å². The minimum Gasteiger partial charge on any atom is -0.293 e. The number of ketones is 2. The summed E-state index contributed by atoms with van der Waals surface area (Å²) < 4.78 is 63.5. The molecule has 0 bridgehead atoms. The summed E-state index contributed by atoms with van der Waals surface area (Å²) in [6, 6.07) is 42.8. The Hall–Kier alpha value is -8.42. The lowest BCUT2D eigenvalue weighted by atomic mass is 9.73. The normalized spacial score (nSPS) is 18.8. The first-order valence-electron chi connectivity index (χ1n) is 40.2. The van der Waals surface area contributed by atoms with E-state index in [9.17, 15) is 25.8 Å². The van der Waals surface area contributed by atoms with Gasteiger partial charge in [-0.1, -0.05) is 221 Å². The van der Waals surface area contributed by atoms with Crippen molar-refractivity contribution in [1.82, 2.24) is 0 Å². The van der Waals surface area contributed by atoms with Gasteiger partial charge in [0.05, 0.1) is 10.2 Å². The van der Waals surface area contributed by atoms with Gasteiger partial charge in [-0.3, -0.25) is 9.59 Å². The van der Waals surface area contributed by atoms with Crippen LogP contribution in [0.4, 0.5) is 17.6 Å². The number of unbranched alkanes of at least 4 members (excludes halogenated alkanes) is 12. The summed E-state index contributed by atoms with van der Waals surface area (Å²) in [5, 5.41) is 42.2. The maximum atomic E-state index is 15.4. The molecule has 6 aliphatic carbocycles. The molecule has 2 unspecified atom stereocenters. The van der Waals surface area contributed by atoms with Crippen molar-refractivity contribution >= 4 is 115 Å². The fourth-order valence-corrected chi connectivity index (χ4v) is 24.1. The Kier molecular flexibility index (Phi) is 27.0. The van der Waals surface area contributed by atoms with Crippen molar-refractivity contribution in [2.45, 2.75) is 217 Å². The van der Waals surface area contributed by atoms with Gasteiger partial charge >= 0.3 is 0 Å². The largest absolute Gasteiger partial charge is 0.293 e. The van der Waals surface area contributed by atoms with Crippen LogP contribution in [0.25, 0.3) is 33.9 Å². The molecule has 0 saturated heterocycles. The van der Waals surface area contributed by atoms with E-state index < -0.39 is 57.7 Å². The van der Waals surface area contributed by atoms with Crippen LogP contribution < -0.4 is 0 Å². The smallest absolute Gasteiger partial charge is 0.194 e. The number of aryl methyl sites for hydroxylation is 3. The van der Waals surface area contributed by atoms with Crippen LogP contribution in [-0.4, -0.2) is 17.3 Å². The maximum Gasteiger partial charge on any atom is 0.194 e. The zero-order chi connectivity index (χ0) is 79.7. The number of nitriles is 4. The van der Waals surface area contributed by atoms with E-state index in [1.807, 2.05) is 54.7 Å². The summed E-state index contributed by atoms with van der Waals surface area (Å²) >= 11 is 10.2. The van der Waals surface area contributed by atoms with Gasteiger partial charge in [-0.15, -0.1) is 46.2 Å². The number of hydrogen-bond donors (Lipinski definition) is 0. The minimum absolute atomic E-state index is 0.000474. The molecule has 4 atom stereocenters. The number of carbonyl (C=O) groups excluding carboxylic acids is 2. The van der Waals surface area contributed by atoms with Crippen LogP contribution in [0, 0.1) is 79.9 Å². The molecule has 0 radical (unpaired) electrons. The molecule has 2 heterocycles. The number of Topliss-reactive ketones (excluding diaryl/α,β-unsaturated/α-hetero) is 2. The lowest BCUT2D eigenvalue weighted by Crippen LogP contribution is -2.24. The number of allylic oxidation sites excluding steroid dienone is 15. The summed E-state index contributed by atoms with van der Waals surface area (Å²) in [7, 11) is 0. The summed E-state index contributed by atoms with van der Waals surface area (Å²) in [5.74, 6) is -6.31. The van der Waals surface area contributed by atoms with E-state index in [0.717, 1.165) is 185 Å². The van der Waals surface area contributed by atoms with E-state index in [1.54, 1.807) is 40.9 Å². The molecule has 16 heteroatoms. The van der Waals surface area contributed by atoms with Crippen LogP contribution in [-0.2, 0) is 30.4 Å². The van der Waals surface area contributed by atoms with Crippen LogP contribution in [0.2, 0.25) is 0 Å². The number of halogens is 4. The number of nitrogens with zero attached hydrogens (tertiary/aromatic N) is 4. The molecule has 0 amide bonds. The van der Waals surface area contributed by atoms with Crippen molar-refractivity contribution in [1.29, 1.82) is 21.0 Å². The lowest BCUT2D eigenvalue weighted by molar-refractivity contribution is 0.0946. The summed E-state index contributed by atoms with van der Waals surface area (Å²) in [6.45, 7) is 15.5. The molecule has 13 rings (SSSR count). The van der Waals surface area contributed by atoms with Crippen molar-refractivity contribution in [2.24, 2.45) is 11.3 Å². The Labute approximate surface area is 689 Å². The first-order chi connectivity index (χ1) is 54.8. The number of benzene rings is 5. The minimum atomic E-state index is -1.22. The summed E-state index contributed by atoms with van der Waals surface area (Å²) in [5.41, 5.74) is 11.8. The third-order valence-corrected chi connectivity index (χ3v) is 30.9. The van der Waals surface area contributed by atoms with Crippen molar-refractivity contribution in [3.8, 4) is 24.3 Å². The van der Waals surface area contributed by atoms with E-state index in [0.29, 0.717) is 17.1 Å². The second-order valence-corrected chi connectivity index (χ2v) is 38.1. The third kappa shape index (κ3) is 17.7. The molecule has 5 aromatic carbocycles. The van der Waals surface area contributed by atoms with Gasteiger partial charge in [0.25, 0.3) is 0 Å². The quantitative estimate of drug-likeness (QED) is 0.0129. The summed E-state index contributed by atoms with van der Waals surface area (Å²) in [6.07, 6.45) is 35.3. The average molecular weight is 1620 g/mol. The molecule has 6 nitrogen and oxygen atoms in total. The van der Waals surface area contributed by atoms with Crippen LogP contribution >= 0.6 is 69.7 Å². The Morgan fingerprint density at radius 3 is 1.62 bits per heavy atom. The number of thioether (sulfide) groups is 4. The van der Waals surface area contributed by atoms with Crippen molar-refractivity contribution in [3.63, 3.8) is 0 Å². The highest BCUT2D eigenvalue weighted by Gasteiger charge is 2.52. The highest BCUT2D eigenvalue weighted by atomic mass is 32.2. The van der Waals surface area contributed by atoms with E-state index in [1.165, 1.54) is 90.5 Å². The zero-order valence-corrected chi connectivity index (χ0v) is 70.4. The van der Waals surface area contributed by atoms with Crippen LogP contribution in [0.3, 0.4) is 0 Å². The van der Waals surface area contributed by atoms with Crippen LogP contribution in [0.15, 0.2) is 185 Å². The maximum absolute atomic E-state index is 15.4. The van der Waals surface area contributed by atoms with Crippen molar-refractivity contribution in [2.75, 3.05) is 5.75 Å². The average Bonchev–Trinajstić information content (AvgIpc) is 1.53. The molecule has 2 aromatic heterocycles. The first-order valence-corrected chi connectivity index (χ1v) is 45.4. The Morgan fingerprint density at radius 1 is 0.558 bits per heavy atom. The number of fused-ring (bicyclic) bond motifs is 7. The SMILES string of the molecule is CCCCCCC1=CC[C@](C)(CS/C(SCc2ccc(CCCCCC)cc2)=C2/C3=CC4=C(C[C@]3(C)c3sc(/C=C5\C(=O)c6cc(F)c(F)cc6C5=C(C#N)C#N)cc32)C(=C(Sc2ccc(CCCCCC)cc2)Sc2ccc(CCCCCC)cc2)c2cc(C(C)C3C(=O)c5cc(F)c(F)cc5C3=C(C#N)C#N)sc24)C=C1. The standard InChI is InChI=1S/C97H94F4N4O2S6/c1-8-12-16-20-24-60-28-30-64(31-29-60)57-108-94(109-58-96(6)42-40-63(41-43-96)27-23-19-15-11-4)89-77-45-69(44-75-86(65(53-102)54-103)70-47-80(98)82(100)49-72(70)90(75)106)110-93(77)97(7)52-78-74(46-79(89)97)92-76(51-84(113-92)59(5)85-87(66(55-104)56-105)71-48-81(99)83(101)50-73(71)91(85)107)88(78)95(111-67-36-32-61(33-37-67)25-21-17-13-9-2)112-68-38-34-62(35-39-68)26-22-18-14-10-3/h28-42,44-51,59,85H,8-27,43,52,57-58H2,1-7H3/b75-44-,94-89+/t59?,85?,96-,97+/m1/s1. The second-order valence-electron chi connectivity index (χ2n) is 31.3. The summed E-state index contributed by atoms with van der Waals surface area (Å²) in [4.78, 5) is 35.5. The predicted octanol–water partition coefficient (Wildman–Crippen LogP) is 28.8. The van der Waals surface area contributed by atoms with Gasteiger partial charge in [-0.2, -0.15) is 21.0 Å². The van der Waals surface area contributed by atoms with Gasteiger partial charge in [-0.05, 0) is 198 Å². The van der Waals surface area contributed by atoms with E-state index in [4.69, 9.17) is 0 Å². The number of carbonyl (C=O) groups is 2. The van der Waals surface area contributed by atoms with Crippen molar-refractivity contribution in [3.05, 3.63) is 274 Å². The second kappa shape index (κ2) is 37.0. The van der Waals surface area contributed by atoms with Gasteiger partial charge < -0.3 is 0 Å². The van der Waals surface area contributed by atoms with Gasteiger partial charge in [0.15, 0.2) is 34.8 Å². The first kappa shape index (κ1) is 82.6. The number of hydrogen-bond acceptors (Lipinski definition) is 12. The number of thiophene rings is 2. The van der Waals surface area contributed by atoms with E-state index in [2.05, 4.69) is 151 Å². The Balaban J connectivity index is 1.03. The molecule has 113 heavy (non-hydrogen) atoms. The molecule has 0 saturated carbocycles. The molecular formula is C97H94F4N4O2S6. The van der Waals surface area contributed by atoms with E-state index >= 15 is 22.4 Å². The van der Waals surface area contributed by atoms with Crippen molar-refractivity contribution < 1.29 is 27.2 Å². The molecular weight excluding hydrogens is 1520 g/mol. The lowest BCUT2D eigenvalue weighted by Gasteiger charge is -2.33. The van der Waals surface area contributed by atoms with Gasteiger partial charge in [0.1, 0.15) is 35.4 Å². The topological polar surface area (TPSA) is 129 Å². The highest BCUT2D eigenvalue weighted by Crippen LogP contribution is 2.67. The Bertz CT molecular complexity index is 5270.